The summed E-state index contributed by atoms with van der Waals surface area (Å²) in [6, 6.07) is 15.6. The molecule has 2 aliphatic rings. The van der Waals surface area contributed by atoms with Crippen molar-refractivity contribution in [1.29, 1.82) is 0 Å². The lowest BCUT2D eigenvalue weighted by atomic mass is 10.0. The van der Waals surface area contributed by atoms with E-state index in [1.54, 1.807) is 29.1 Å². The van der Waals surface area contributed by atoms with Crippen molar-refractivity contribution < 1.29 is 23.9 Å². The Bertz CT molecular complexity index is 1260. The fraction of sp³-hybridized carbons (Fsp3) is 0.379. The summed E-state index contributed by atoms with van der Waals surface area (Å²) in [5.41, 5.74) is 1.77. The highest BCUT2D eigenvalue weighted by Gasteiger charge is 2.50. The van der Waals surface area contributed by atoms with E-state index in [0.29, 0.717) is 18.0 Å². The average molecular weight is 583 g/mol. The Kier molecular flexibility index (Phi) is 10.2. The van der Waals surface area contributed by atoms with Gasteiger partial charge in [0.25, 0.3) is 0 Å². The third-order valence-electron chi connectivity index (χ3n) is 6.95. The van der Waals surface area contributed by atoms with Crippen molar-refractivity contribution in [2.24, 2.45) is 0 Å². The van der Waals surface area contributed by atoms with E-state index in [1.165, 1.54) is 16.0 Å². The largest absolute Gasteiger partial charge is 0.445 e. The van der Waals surface area contributed by atoms with Crippen LogP contribution in [0.3, 0.4) is 0 Å². The molecule has 2 saturated heterocycles. The van der Waals surface area contributed by atoms with Crippen molar-refractivity contribution in [2.45, 2.75) is 38.1 Å². The SMILES string of the molecule is C=CCOC(=O)NCCC[C@H]1C(=O)N(Cc2cccc(Cl)c2)C[C@H]2N1C(=O)CN(C)N2C(=O)NCc1ccccc1. The molecule has 4 rings (SSSR count). The van der Waals surface area contributed by atoms with Crippen LogP contribution in [0.4, 0.5) is 9.59 Å². The normalized spacial score (nSPS) is 19.0. The average Bonchev–Trinajstić information content (AvgIpc) is 2.95. The minimum absolute atomic E-state index is 0.0561. The van der Waals surface area contributed by atoms with Gasteiger partial charge in [-0.3, -0.25) is 9.59 Å². The molecular weight excluding hydrogens is 548 g/mol. The molecule has 11 nitrogen and oxygen atoms in total. The zero-order chi connectivity index (χ0) is 29.4. The molecule has 2 heterocycles. The summed E-state index contributed by atoms with van der Waals surface area (Å²) in [6.45, 7) is 4.50. The van der Waals surface area contributed by atoms with Crippen LogP contribution in [0, 0.1) is 0 Å². The van der Waals surface area contributed by atoms with Crippen LogP contribution in [0.2, 0.25) is 5.02 Å². The summed E-state index contributed by atoms with van der Waals surface area (Å²) in [5.74, 6) is -0.471. The summed E-state index contributed by atoms with van der Waals surface area (Å²) in [5, 5.41) is 9.24. The fourth-order valence-electron chi connectivity index (χ4n) is 5.11. The van der Waals surface area contributed by atoms with Crippen LogP contribution in [0.5, 0.6) is 0 Å². The van der Waals surface area contributed by atoms with E-state index in [4.69, 9.17) is 16.3 Å². The van der Waals surface area contributed by atoms with Gasteiger partial charge < -0.3 is 25.2 Å². The molecule has 0 unspecified atom stereocenters. The van der Waals surface area contributed by atoms with Gasteiger partial charge in [0.15, 0.2) is 0 Å². The molecule has 0 radical (unpaired) electrons. The molecule has 2 aliphatic heterocycles. The molecule has 0 saturated carbocycles. The molecule has 0 bridgehead atoms. The van der Waals surface area contributed by atoms with Gasteiger partial charge in [-0.15, -0.1) is 0 Å². The third-order valence-corrected chi connectivity index (χ3v) is 7.19. The number of hydrazine groups is 1. The summed E-state index contributed by atoms with van der Waals surface area (Å²) in [7, 11) is 1.68. The van der Waals surface area contributed by atoms with Gasteiger partial charge >= 0.3 is 12.1 Å². The lowest BCUT2D eigenvalue weighted by molar-refractivity contribution is -0.188. The zero-order valence-electron chi connectivity index (χ0n) is 23.0. The van der Waals surface area contributed by atoms with Gasteiger partial charge in [-0.25, -0.2) is 19.6 Å². The first-order valence-electron chi connectivity index (χ1n) is 13.5. The molecule has 5 amide bonds. The number of nitrogens with one attached hydrogen (secondary N) is 2. The predicted octanol–water partition coefficient (Wildman–Crippen LogP) is 2.97. The monoisotopic (exact) mass is 582 g/mol. The lowest BCUT2D eigenvalue weighted by Gasteiger charge is -2.54. The molecule has 218 valence electrons. The van der Waals surface area contributed by atoms with Crippen LogP contribution in [0.25, 0.3) is 0 Å². The number of piperazine rings is 1. The van der Waals surface area contributed by atoms with Crippen LogP contribution in [-0.4, -0.2) is 89.3 Å². The van der Waals surface area contributed by atoms with Gasteiger partial charge in [-0.2, -0.15) is 0 Å². The number of alkyl carbamates (subject to hydrolysis) is 1. The summed E-state index contributed by atoms with van der Waals surface area (Å²) in [4.78, 5) is 55.6. The van der Waals surface area contributed by atoms with Crippen LogP contribution < -0.4 is 10.6 Å². The van der Waals surface area contributed by atoms with Gasteiger partial charge in [0.1, 0.15) is 18.8 Å². The molecule has 2 aromatic rings. The number of benzene rings is 2. The van der Waals surface area contributed by atoms with E-state index in [1.807, 2.05) is 42.5 Å². The maximum atomic E-state index is 13.8. The number of carbonyl (C=O) groups excluding carboxylic acids is 4. The number of rotatable bonds is 10. The van der Waals surface area contributed by atoms with Crippen LogP contribution in [0.1, 0.15) is 24.0 Å². The first-order valence-corrected chi connectivity index (χ1v) is 13.8. The summed E-state index contributed by atoms with van der Waals surface area (Å²) >= 11 is 6.19. The van der Waals surface area contributed by atoms with Crippen LogP contribution in [0.15, 0.2) is 67.3 Å². The molecule has 2 fully saturated rings. The number of ether oxygens (including phenoxy) is 1. The Morgan fingerprint density at radius 3 is 2.59 bits per heavy atom. The van der Waals surface area contributed by atoms with Gasteiger partial charge in [0, 0.05) is 31.7 Å². The third kappa shape index (κ3) is 7.56. The topological polar surface area (TPSA) is 115 Å². The Labute approximate surface area is 244 Å². The smallest absolute Gasteiger partial charge is 0.407 e. The number of nitrogens with zero attached hydrogens (tertiary/aromatic N) is 4. The van der Waals surface area contributed by atoms with Crippen molar-refractivity contribution >= 4 is 35.5 Å². The second kappa shape index (κ2) is 14.0. The van der Waals surface area contributed by atoms with Gasteiger partial charge in [0.2, 0.25) is 11.8 Å². The quantitative estimate of drug-likeness (QED) is 0.329. The molecule has 0 spiro atoms. The first kappa shape index (κ1) is 29.9. The number of likely N-dealkylation sites (N-methyl/N-ethyl adjacent to an activating group) is 1. The second-order valence-corrected chi connectivity index (χ2v) is 10.3. The second-order valence-electron chi connectivity index (χ2n) is 9.91. The van der Waals surface area contributed by atoms with Crippen molar-refractivity contribution in [2.75, 3.05) is 33.3 Å². The van der Waals surface area contributed by atoms with E-state index in [-0.39, 0.29) is 57.1 Å². The summed E-state index contributed by atoms with van der Waals surface area (Å²) < 4.78 is 4.93. The van der Waals surface area contributed by atoms with Gasteiger partial charge in [-0.05, 0) is 36.1 Å². The van der Waals surface area contributed by atoms with E-state index in [9.17, 15) is 19.2 Å². The Hall–Kier alpha value is -4.09. The standard InChI is InChI=1S/C29H35ClN6O5/c1-3-15-41-29(40)31-14-8-13-24-27(38)34(18-22-11-7-12-23(30)16-22)19-25-35(24)26(37)20-33(2)36(25)28(39)32-17-21-9-5-4-6-10-21/h3-7,9-12,16,24-25H,1,8,13-15,17-20H2,2H3,(H,31,40)(H,32,39)/t24-,25-/m0/s1. The first-order chi connectivity index (χ1) is 19.8. The van der Waals surface area contributed by atoms with Crippen molar-refractivity contribution in [3.05, 3.63) is 83.4 Å². The molecule has 0 aliphatic carbocycles. The number of halogens is 1. The van der Waals surface area contributed by atoms with Crippen LogP contribution >= 0.6 is 11.6 Å². The Balaban J connectivity index is 1.54. The molecule has 12 heteroatoms. The highest BCUT2D eigenvalue weighted by atomic mass is 35.5. The van der Waals surface area contributed by atoms with Crippen molar-refractivity contribution in [3.63, 3.8) is 0 Å². The molecule has 2 aromatic carbocycles. The van der Waals surface area contributed by atoms with Gasteiger partial charge in [-0.1, -0.05) is 66.7 Å². The van der Waals surface area contributed by atoms with E-state index >= 15 is 0 Å². The van der Waals surface area contributed by atoms with Gasteiger partial charge in [0.05, 0.1) is 13.1 Å². The number of hydrogen-bond acceptors (Lipinski definition) is 6. The van der Waals surface area contributed by atoms with E-state index < -0.39 is 18.3 Å². The minimum atomic E-state index is -0.815. The number of hydrogen-bond donors (Lipinski definition) is 2. The number of urea groups is 1. The molecule has 2 atom stereocenters. The number of amides is 5. The van der Waals surface area contributed by atoms with Crippen LogP contribution in [-0.2, 0) is 27.4 Å². The number of carbonyl (C=O) groups is 4. The molecule has 0 aromatic heterocycles. The zero-order valence-corrected chi connectivity index (χ0v) is 23.8. The summed E-state index contributed by atoms with van der Waals surface area (Å²) in [6.07, 6.45) is 0.867. The van der Waals surface area contributed by atoms with Crippen molar-refractivity contribution in [3.8, 4) is 0 Å². The highest BCUT2D eigenvalue weighted by Crippen LogP contribution is 2.29. The lowest BCUT2D eigenvalue weighted by Crippen LogP contribution is -2.75. The maximum absolute atomic E-state index is 13.8. The van der Waals surface area contributed by atoms with Crippen molar-refractivity contribution in [1.82, 2.24) is 30.5 Å². The highest BCUT2D eigenvalue weighted by molar-refractivity contribution is 6.30. The minimum Gasteiger partial charge on any atom is -0.445 e. The molecule has 41 heavy (non-hydrogen) atoms. The fourth-order valence-corrected chi connectivity index (χ4v) is 5.32. The van der Waals surface area contributed by atoms with E-state index in [2.05, 4.69) is 17.2 Å². The Morgan fingerprint density at radius 2 is 1.85 bits per heavy atom. The molecular formula is C29H35ClN6O5. The molecule has 2 N–H and O–H groups in total. The maximum Gasteiger partial charge on any atom is 0.407 e. The predicted molar refractivity (Wildman–Crippen MR) is 153 cm³/mol. The van der Waals surface area contributed by atoms with E-state index in [0.717, 1.165) is 11.1 Å². The Morgan fingerprint density at radius 1 is 1.10 bits per heavy atom. The number of fused-ring (bicyclic) bond motifs is 1.